The zero-order valence-corrected chi connectivity index (χ0v) is 13.6. The van der Waals surface area contributed by atoms with Crippen molar-refractivity contribution in [1.29, 1.82) is 0 Å². The van der Waals surface area contributed by atoms with Crippen LogP contribution < -0.4 is 4.90 Å². The molecule has 9 heteroatoms. The van der Waals surface area contributed by atoms with Gasteiger partial charge in [0.2, 0.25) is 0 Å². The van der Waals surface area contributed by atoms with Crippen molar-refractivity contribution in [3.63, 3.8) is 0 Å². The van der Waals surface area contributed by atoms with Gasteiger partial charge in [0.25, 0.3) is 5.82 Å². The van der Waals surface area contributed by atoms with Gasteiger partial charge in [0.15, 0.2) is 11.5 Å². The molecule has 0 saturated carbocycles. The molecule has 2 heterocycles. The van der Waals surface area contributed by atoms with Crippen LogP contribution in [0.1, 0.15) is 18.3 Å². The first-order valence-corrected chi connectivity index (χ1v) is 7.44. The SMILES string of the molecule is C=CN(/C=C(\C)c1ccc(F)cc1)c1ccc2nnc(C(F)(F)F)n2n1. The Kier molecular flexibility index (Phi) is 4.45. The fourth-order valence-electron chi connectivity index (χ4n) is 2.30. The van der Waals surface area contributed by atoms with Crippen LogP contribution in [0.3, 0.4) is 0 Å². The van der Waals surface area contributed by atoms with E-state index in [0.717, 1.165) is 11.1 Å². The summed E-state index contributed by atoms with van der Waals surface area (Å²) in [6.07, 6.45) is -1.64. The number of aromatic nitrogens is 4. The van der Waals surface area contributed by atoms with E-state index < -0.39 is 12.0 Å². The van der Waals surface area contributed by atoms with Crippen LogP contribution in [0.2, 0.25) is 0 Å². The summed E-state index contributed by atoms with van der Waals surface area (Å²) >= 11 is 0. The quantitative estimate of drug-likeness (QED) is 0.649. The van der Waals surface area contributed by atoms with Gasteiger partial charge in [-0.1, -0.05) is 18.7 Å². The third-order valence-electron chi connectivity index (χ3n) is 3.60. The second-order valence-electron chi connectivity index (χ2n) is 5.39. The third-order valence-corrected chi connectivity index (χ3v) is 3.60. The first kappa shape index (κ1) is 17.6. The fourth-order valence-corrected chi connectivity index (χ4v) is 2.30. The Balaban J connectivity index is 2.01. The summed E-state index contributed by atoms with van der Waals surface area (Å²) in [6, 6.07) is 8.72. The Morgan fingerprint density at radius 1 is 1.12 bits per heavy atom. The average Bonchev–Trinajstić information content (AvgIpc) is 3.03. The Morgan fingerprint density at radius 3 is 2.42 bits per heavy atom. The zero-order chi connectivity index (χ0) is 18.9. The number of alkyl halides is 3. The monoisotopic (exact) mass is 363 g/mol. The highest BCUT2D eigenvalue weighted by Crippen LogP contribution is 2.28. The summed E-state index contributed by atoms with van der Waals surface area (Å²) in [4.78, 5) is 1.46. The predicted molar refractivity (Wildman–Crippen MR) is 88.5 cm³/mol. The number of hydrogen-bond acceptors (Lipinski definition) is 4. The molecule has 0 unspecified atom stereocenters. The molecular formula is C17H13F4N5. The van der Waals surface area contributed by atoms with Crippen LogP contribution in [0, 0.1) is 5.82 Å². The Hall–Kier alpha value is -3.23. The lowest BCUT2D eigenvalue weighted by molar-refractivity contribution is -0.146. The molecule has 0 aliphatic heterocycles. The van der Waals surface area contributed by atoms with E-state index in [1.807, 2.05) is 0 Å². The molecule has 0 N–H and O–H groups in total. The van der Waals surface area contributed by atoms with Crippen LogP contribution in [0.4, 0.5) is 23.4 Å². The van der Waals surface area contributed by atoms with E-state index in [2.05, 4.69) is 21.9 Å². The van der Waals surface area contributed by atoms with Gasteiger partial charge < -0.3 is 4.90 Å². The van der Waals surface area contributed by atoms with E-state index in [-0.39, 0.29) is 17.3 Å². The van der Waals surface area contributed by atoms with Crippen LogP contribution in [0.25, 0.3) is 11.2 Å². The summed E-state index contributed by atoms with van der Waals surface area (Å²) in [5, 5.41) is 10.6. The van der Waals surface area contributed by atoms with E-state index in [1.54, 1.807) is 25.3 Å². The van der Waals surface area contributed by atoms with Crippen LogP contribution in [-0.4, -0.2) is 19.8 Å². The average molecular weight is 363 g/mol. The largest absolute Gasteiger partial charge is 0.453 e. The minimum absolute atomic E-state index is 0.0238. The van der Waals surface area contributed by atoms with Gasteiger partial charge in [0, 0.05) is 12.4 Å². The molecule has 0 fully saturated rings. The summed E-state index contributed by atoms with van der Waals surface area (Å²) < 4.78 is 52.6. The Bertz CT molecular complexity index is 973. The molecule has 0 spiro atoms. The van der Waals surface area contributed by atoms with Crippen molar-refractivity contribution in [3.8, 4) is 0 Å². The second kappa shape index (κ2) is 6.58. The van der Waals surface area contributed by atoms with E-state index >= 15 is 0 Å². The lowest BCUT2D eigenvalue weighted by Gasteiger charge is -2.16. The van der Waals surface area contributed by atoms with E-state index in [4.69, 9.17) is 0 Å². The van der Waals surface area contributed by atoms with Crippen molar-refractivity contribution < 1.29 is 17.6 Å². The number of benzene rings is 1. The Morgan fingerprint density at radius 2 is 1.81 bits per heavy atom. The van der Waals surface area contributed by atoms with E-state index in [1.165, 1.54) is 35.4 Å². The summed E-state index contributed by atoms with van der Waals surface area (Å²) in [5.41, 5.74) is 1.47. The number of fused-ring (bicyclic) bond motifs is 1. The standard InChI is InChI=1S/C17H13F4N5/c1-3-25(10-11(2)12-4-6-13(18)7-5-12)15-9-8-14-22-23-16(17(19,20)21)26(14)24-15/h3-10H,1H2,2H3/b11-10+. The number of nitrogens with zero attached hydrogens (tertiary/aromatic N) is 5. The molecule has 0 aliphatic rings. The van der Waals surface area contributed by atoms with E-state index in [9.17, 15) is 17.6 Å². The molecule has 0 saturated heterocycles. The summed E-state index contributed by atoms with van der Waals surface area (Å²) in [5.74, 6) is -1.38. The van der Waals surface area contributed by atoms with Crippen molar-refractivity contribution in [2.45, 2.75) is 13.1 Å². The van der Waals surface area contributed by atoms with Crippen LogP contribution in [0.15, 0.2) is 55.4 Å². The van der Waals surface area contributed by atoms with Gasteiger partial charge in [-0.05, 0) is 42.3 Å². The first-order valence-electron chi connectivity index (χ1n) is 7.44. The van der Waals surface area contributed by atoms with Gasteiger partial charge in [-0.15, -0.1) is 15.3 Å². The normalized spacial score (nSPS) is 12.4. The summed E-state index contributed by atoms with van der Waals surface area (Å²) in [7, 11) is 0. The molecule has 0 bridgehead atoms. The number of anilines is 1. The van der Waals surface area contributed by atoms with Crippen molar-refractivity contribution in [2.75, 3.05) is 4.90 Å². The lowest BCUT2D eigenvalue weighted by atomic mass is 10.1. The zero-order valence-electron chi connectivity index (χ0n) is 13.6. The topological polar surface area (TPSA) is 46.3 Å². The molecule has 3 rings (SSSR count). The van der Waals surface area contributed by atoms with Gasteiger partial charge in [-0.25, -0.2) is 4.39 Å². The molecular weight excluding hydrogens is 350 g/mol. The van der Waals surface area contributed by atoms with Crippen molar-refractivity contribution in [3.05, 3.63) is 72.6 Å². The summed E-state index contributed by atoms with van der Waals surface area (Å²) in [6.45, 7) is 5.44. The number of rotatable bonds is 4. The van der Waals surface area contributed by atoms with Crippen molar-refractivity contribution >= 4 is 17.0 Å². The molecule has 0 aliphatic carbocycles. The minimum atomic E-state index is -4.68. The Labute approximate surface area is 145 Å². The van der Waals surface area contributed by atoms with Crippen molar-refractivity contribution in [2.24, 2.45) is 0 Å². The van der Waals surface area contributed by atoms with E-state index in [0.29, 0.717) is 4.52 Å². The van der Waals surface area contributed by atoms with Gasteiger partial charge >= 0.3 is 6.18 Å². The fraction of sp³-hybridized carbons (Fsp3) is 0.118. The number of hydrogen-bond donors (Lipinski definition) is 0. The van der Waals surface area contributed by atoms with Gasteiger partial charge in [-0.3, -0.25) is 0 Å². The molecule has 134 valence electrons. The predicted octanol–water partition coefficient (Wildman–Crippen LogP) is 4.29. The number of allylic oxidation sites excluding steroid dienone is 1. The molecule has 3 aromatic rings. The lowest BCUT2D eigenvalue weighted by Crippen LogP contribution is -2.15. The molecule has 0 radical (unpaired) electrons. The van der Waals surface area contributed by atoms with Gasteiger partial charge in [0.05, 0.1) is 0 Å². The molecule has 1 aromatic carbocycles. The number of halogens is 4. The maximum Gasteiger partial charge on any atom is 0.453 e. The molecule has 5 nitrogen and oxygen atoms in total. The highest BCUT2D eigenvalue weighted by atomic mass is 19.4. The molecule has 26 heavy (non-hydrogen) atoms. The van der Waals surface area contributed by atoms with Crippen LogP contribution in [-0.2, 0) is 6.18 Å². The van der Waals surface area contributed by atoms with Gasteiger partial charge in [0.1, 0.15) is 5.82 Å². The third kappa shape index (κ3) is 3.41. The van der Waals surface area contributed by atoms with Gasteiger partial charge in [-0.2, -0.15) is 17.7 Å². The highest BCUT2D eigenvalue weighted by molar-refractivity contribution is 5.67. The first-order chi connectivity index (χ1) is 12.3. The van der Waals surface area contributed by atoms with Crippen molar-refractivity contribution in [1.82, 2.24) is 19.8 Å². The maximum atomic E-state index is 13.0. The molecule has 0 amide bonds. The smallest absolute Gasteiger partial charge is 0.308 e. The molecule has 2 aromatic heterocycles. The highest BCUT2D eigenvalue weighted by Gasteiger charge is 2.37. The van der Waals surface area contributed by atoms with Crippen LogP contribution in [0.5, 0.6) is 0 Å². The van der Waals surface area contributed by atoms with Crippen LogP contribution >= 0.6 is 0 Å². The second-order valence-corrected chi connectivity index (χ2v) is 5.39. The minimum Gasteiger partial charge on any atom is -0.308 e. The maximum absolute atomic E-state index is 13.0. The molecule has 0 atom stereocenters.